The quantitative estimate of drug-likeness (QED) is 0.207. The molecule has 0 aliphatic carbocycles. The molecule has 39 heavy (non-hydrogen) atoms. The van der Waals surface area contributed by atoms with Crippen molar-refractivity contribution in [1.29, 1.82) is 0 Å². The SMILES string of the molecule is [2H]c1c([2H])n([C@@H]2O[C@H](COP(=O)(NCC(=O)OC(C)C)Oc3cccc4ccccc34)[C@@H](O)[C@@]2(C)O)c(=O)[nH]c1=O. The van der Waals surface area contributed by atoms with Crippen molar-refractivity contribution in [2.75, 3.05) is 13.2 Å². The highest BCUT2D eigenvalue weighted by atomic mass is 31.2. The molecule has 0 radical (unpaired) electrons. The van der Waals surface area contributed by atoms with Gasteiger partial charge in [-0.1, -0.05) is 36.4 Å². The molecule has 1 unspecified atom stereocenters. The van der Waals surface area contributed by atoms with Crippen molar-refractivity contribution in [1.82, 2.24) is 14.6 Å². The van der Waals surface area contributed by atoms with E-state index in [0.717, 1.165) is 12.3 Å². The number of carbonyl (C=O) groups excluding carboxylic acids is 1. The van der Waals surface area contributed by atoms with Gasteiger partial charge in [-0.25, -0.2) is 14.4 Å². The lowest BCUT2D eigenvalue weighted by Gasteiger charge is -2.27. The van der Waals surface area contributed by atoms with E-state index in [2.05, 4.69) is 5.09 Å². The standard InChI is InChI=1S/C25H30N3O10P/c1-15(2)36-21(30)13-26-39(34,38-18-10-6-8-16-7-4-5-9-17(16)18)35-14-19-22(31)25(3,33)23(37-19)28-12-11-20(29)27-24(28)32/h4-12,15,19,22-23,31,33H,13-14H2,1-3H3,(H,26,34)(H,27,29,32)/t19-,22-,23-,25-,39?/m1/s1/i11D,12D. The number of hydrogen-bond donors (Lipinski definition) is 4. The largest absolute Gasteiger partial charge is 0.462 e. The molecule has 14 heteroatoms. The zero-order chi connectivity index (χ0) is 30.1. The topological polar surface area (TPSA) is 178 Å². The molecule has 210 valence electrons. The van der Waals surface area contributed by atoms with E-state index < -0.39 is 80.5 Å². The lowest BCUT2D eigenvalue weighted by molar-refractivity contribution is -0.146. The molecule has 2 heterocycles. The smallest absolute Gasteiger partial charge is 0.459 e. The molecule has 1 aromatic heterocycles. The number of aliphatic hydroxyl groups excluding tert-OH is 1. The van der Waals surface area contributed by atoms with Crippen LogP contribution in [0.3, 0.4) is 0 Å². The van der Waals surface area contributed by atoms with Gasteiger partial charge in [0.15, 0.2) is 6.23 Å². The van der Waals surface area contributed by atoms with Crippen LogP contribution in [0.5, 0.6) is 5.75 Å². The summed E-state index contributed by atoms with van der Waals surface area (Å²) in [6.07, 6.45) is -6.20. The second-order valence-corrected chi connectivity index (χ2v) is 11.1. The van der Waals surface area contributed by atoms with E-state index in [-0.39, 0.29) is 5.75 Å². The molecule has 0 bridgehead atoms. The van der Waals surface area contributed by atoms with Crippen LogP contribution in [-0.2, 0) is 23.4 Å². The molecule has 0 saturated carbocycles. The predicted octanol–water partition coefficient (Wildman–Crippen LogP) is 1.44. The van der Waals surface area contributed by atoms with Crippen LogP contribution >= 0.6 is 7.75 Å². The van der Waals surface area contributed by atoms with Gasteiger partial charge in [-0.3, -0.25) is 23.7 Å². The summed E-state index contributed by atoms with van der Waals surface area (Å²) in [5.74, 6) is -0.576. The lowest BCUT2D eigenvalue weighted by atomic mass is 9.96. The summed E-state index contributed by atoms with van der Waals surface area (Å²) >= 11 is 0. The maximum absolute atomic E-state index is 13.9. The van der Waals surface area contributed by atoms with E-state index in [4.69, 9.17) is 21.3 Å². The summed E-state index contributed by atoms with van der Waals surface area (Å²) in [6, 6.07) is 11.3. The molecule has 5 atom stereocenters. The van der Waals surface area contributed by atoms with Crippen LogP contribution in [0.1, 0.15) is 29.7 Å². The maximum atomic E-state index is 13.9. The van der Waals surface area contributed by atoms with Crippen LogP contribution in [0.15, 0.2) is 64.3 Å². The van der Waals surface area contributed by atoms with Gasteiger partial charge in [-0.2, -0.15) is 0 Å². The number of aromatic nitrogens is 2. The van der Waals surface area contributed by atoms with Crippen LogP contribution in [0.25, 0.3) is 10.8 Å². The molecule has 4 N–H and O–H groups in total. The third kappa shape index (κ3) is 6.47. The first kappa shape index (κ1) is 25.9. The first-order valence-corrected chi connectivity index (χ1v) is 13.5. The Morgan fingerprint density at radius 2 is 2.00 bits per heavy atom. The summed E-state index contributed by atoms with van der Waals surface area (Å²) < 4.78 is 52.1. The van der Waals surface area contributed by atoms with Crippen LogP contribution in [0.2, 0.25) is 0 Å². The lowest BCUT2D eigenvalue weighted by Crippen LogP contribution is -2.46. The number of ether oxygens (including phenoxy) is 2. The molecule has 1 saturated heterocycles. The number of carbonyl (C=O) groups is 1. The molecule has 13 nitrogen and oxygen atoms in total. The first-order valence-electron chi connectivity index (χ1n) is 13.0. The zero-order valence-electron chi connectivity index (χ0n) is 23.3. The number of aromatic amines is 1. The molecule has 0 spiro atoms. The van der Waals surface area contributed by atoms with E-state index in [1.165, 1.54) is 0 Å². The van der Waals surface area contributed by atoms with Crippen molar-refractivity contribution in [2.24, 2.45) is 0 Å². The van der Waals surface area contributed by atoms with Crippen LogP contribution in [0, 0.1) is 0 Å². The second-order valence-electron chi connectivity index (χ2n) is 9.30. The Kier molecular flexibility index (Phi) is 7.60. The number of nitrogens with zero attached hydrogens (tertiary/aromatic N) is 1. The molecule has 1 aliphatic rings. The van der Waals surface area contributed by atoms with E-state index >= 15 is 0 Å². The Balaban J connectivity index is 1.60. The van der Waals surface area contributed by atoms with Gasteiger partial charge in [0.05, 0.1) is 15.5 Å². The monoisotopic (exact) mass is 565 g/mol. The van der Waals surface area contributed by atoms with Gasteiger partial charge >= 0.3 is 19.4 Å². The van der Waals surface area contributed by atoms with Gasteiger partial charge in [0.1, 0.15) is 30.1 Å². The molecule has 3 aromatic rings. The maximum Gasteiger partial charge on any atom is 0.459 e. The number of nitrogens with one attached hydrogen (secondary N) is 2. The van der Waals surface area contributed by atoms with E-state index in [0.29, 0.717) is 9.95 Å². The fourth-order valence-corrected chi connectivity index (χ4v) is 5.31. The summed E-state index contributed by atoms with van der Waals surface area (Å²) in [5, 5.41) is 25.6. The second kappa shape index (κ2) is 11.4. The minimum atomic E-state index is -4.40. The molecule has 1 aliphatic heterocycles. The van der Waals surface area contributed by atoms with Crippen molar-refractivity contribution < 1.29 is 40.8 Å². The molecule has 0 amide bonds. The van der Waals surface area contributed by atoms with Crippen LogP contribution < -0.4 is 20.9 Å². The third-order valence-corrected chi connectivity index (χ3v) is 7.35. The highest BCUT2D eigenvalue weighted by molar-refractivity contribution is 7.52. The minimum absolute atomic E-state index is 0.163. The predicted molar refractivity (Wildman–Crippen MR) is 139 cm³/mol. The summed E-state index contributed by atoms with van der Waals surface area (Å²) in [7, 11) is -4.40. The average molecular weight is 566 g/mol. The van der Waals surface area contributed by atoms with Crippen LogP contribution in [0.4, 0.5) is 0 Å². The number of esters is 1. The zero-order valence-corrected chi connectivity index (χ0v) is 22.2. The fourth-order valence-electron chi connectivity index (χ4n) is 4.01. The summed E-state index contributed by atoms with van der Waals surface area (Å²) in [4.78, 5) is 38.2. The van der Waals surface area contributed by atoms with Crippen molar-refractivity contribution in [3.63, 3.8) is 0 Å². The Morgan fingerprint density at radius 3 is 2.74 bits per heavy atom. The Hall–Kier alpha value is -3.32. The molecule has 1 fully saturated rings. The van der Waals surface area contributed by atoms with Gasteiger partial charge in [0, 0.05) is 17.6 Å². The van der Waals surface area contributed by atoms with Crippen molar-refractivity contribution >= 4 is 24.5 Å². The highest BCUT2D eigenvalue weighted by Gasteiger charge is 2.54. The Bertz CT molecular complexity index is 1600. The number of aliphatic hydroxyl groups is 2. The number of rotatable bonds is 10. The van der Waals surface area contributed by atoms with Crippen LogP contribution in [-0.4, -0.2) is 62.8 Å². The first-order chi connectivity index (χ1) is 19.2. The Labute approximate surface area is 225 Å². The number of benzene rings is 2. The van der Waals surface area contributed by atoms with Crippen molar-refractivity contribution in [3.8, 4) is 5.75 Å². The molecular weight excluding hydrogens is 533 g/mol. The minimum Gasteiger partial charge on any atom is -0.462 e. The third-order valence-electron chi connectivity index (χ3n) is 5.88. The van der Waals surface area contributed by atoms with Gasteiger partial charge < -0.3 is 24.2 Å². The average Bonchev–Trinajstić information content (AvgIpc) is 3.13. The van der Waals surface area contributed by atoms with Gasteiger partial charge in [0.2, 0.25) is 0 Å². The van der Waals surface area contributed by atoms with E-state index in [1.54, 1.807) is 38.1 Å². The van der Waals surface area contributed by atoms with Gasteiger partial charge in [0.25, 0.3) is 5.56 Å². The molecular formula is C25H30N3O10P. The van der Waals surface area contributed by atoms with Crippen molar-refractivity contribution in [2.45, 2.75) is 50.9 Å². The number of H-pyrrole nitrogens is 1. The fraction of sp³-hybridized carbons (Fsp3) is 0.400. The van der Waals surface area contributed by atoms with Gasteiger partial charge in [-0.05, 0) is 32.2 Å². The van der Waals surface area contributed by atoms with E-state index in [1.807, 2.05) is 23.2 Å². The highest BCUT2D eigenvalue weighted by Crippen LogP contribution is 2.47. The van der Waals surface area contributed by atoms with E-state index in [9.17, 15) is 29.2 Å². The van der Waals surface area contributed by atoms with Crippen molar-refractivity contribution in [3.05, 3.63) is 75.5 Å². The molecule has 4 rings (SSSR count). The summed E-state index contributed by atoms with van der Waals surface area (Å²) in [5.41, 5.74) is -4.47. The molecule has 2 aromatic carbocycles. The Morgan fingerprint density at radius 1 is 1.28 bits per heavy atom. The normalized spacial score (nSPS) is 25.2. The number of hydrogen-bond acceptors (Lipinski definition) is 10. The number of fused-ring (bicyclic) bond motifs is 1. The van der Waals surface area contributed by atoms with Gasteiger partial charge in [-0.15, -0.1) is 0 Å². The summed E-state index contributed by atoms with van der Waals surface area (Å²) in [6.45, 7) is 3.16.